The zero-order valence-corrected chi connectivity index (χ0v) is 9.18. The molecule has 0 aliphatic heterocycles. The first kappa shape index (κ1) is 10.2. The summed E-state index contributed by atoms with van der Waals surface area (Å²) < 4.78 is 0. The molecule has 0 rings (SSSR count). The molecule has 0 bridgehead atoms. The van der Waals surface area contributed by atoms with Crippen LogP contribution in [0.3, 0.4) is 0 Å². The van der Waals surface area contributed by atoms with E-state index < -0.39 is 0 Å². The molecule has 0 atom stereocenters. The molecule has 2 N–H and O–H groups in total. The summed E-state index contributed by atoms with van der Waals surface area (Å²) in [6.07, 6.45) is 0. The summed E-state index contributed by atoms with van der Waals surface area (Å²) in [6.45, 7) is 0. The third kappa shape index (κ3) is 22.9. The van der Waals surface area contributed by atoms with Crippen LogP contribution in [0.1, 0.15) is 0 Å². The summed E-state index contributed by atoms with van der Waals surface area (Å²) in [5.74, 6) is 0. The second-order valence-corrected chi connectivity index (χ2v) is 16.3. The Morgan fingerprint density at radius 1 is 1.40 bits per heavy atom. The van der Waals surface area contributed by atoms with E-state index in [4.69, 9.17) is 0 Å². The molecule has 4 heteroatoms. The fourth-order valence-corrected chi connectivity index (χ4v) is 0. The van der Waals surface area contributed by atoms with Crippen molar-refractivity contribution < 1.29 is 13.3 Å². The summed E-state index contributed by atoms with van der Waals surface area (Å²) in [6, 6.07) is 0. The fraction of sp³-hybridized carbons (Fsp3) is 1.00. The predicted molar refractivity (Wildman–Crippen MR) is 38.2 cm³/mol. The Labute approximate surface area is 62.1 Å². The van der Waals surface area contributed by atoms with Crippen molar-refractivity contribution >= 4 is 37.2 Å². The van der Waals surface area contributed by atoms with E-state index in [1.807, 2.05) is 0 Å². The third-order valence-electron chi connectivity index (χ3n) is 0. The second kappa shape index (κ2) is 16.4. The minimum atomic E-state index is 0.530. The van der Waals surface area contributed by atoms with E-state index >= 15 is 0 Å². The summed E-state index contributed by atoms with van der Waals surface area (Å²) in [5, 5.41) is 0. The molecule has 0 fully saturated rings. The van der Waals surface area contributed by atoms with Gasteiger partial charge in [-0.05, 0) is 7.05 Å². The number of hydrogen-bond acceptors (Lipinski definition) is 1. The number of hydrogen-bond donors (Lipinski definition) is 1. The Balaban J connectivity index is 0. The minimum absolute atomic E-state index is 0.530. The van der Waals surface area contributed by atoms with Gasteiger partial charge in [0.05, 0.1) is 0 Å². The van der Waals surface area contributed by atoms with Crippen molar-refractivity contribution in [1.82, 2.24) is 0 Å². The average Bonchev–Trinajstić information content (AvgIpc) is 1.46. The van der Waals surface area contributed by atoms with E-state index in [0.29, 0.717) is 13.3 Å². The van der Waals surface area contributed by atoms with Crippen molar-refractivity contribution in [3.8, 4) is 0 Å². The molecule has 0 heterocycles. The molecule has 0 aromatic heterocycles. The molecular formula is CH5I3N-. The maximum absolute atomic E-state index is 4.50. The van der Waals surface area contributed by atoms with Crippen LogP contribution < -0.4 is 19.0 Å². The van der Waals surface area contributed by atoms with Crippen LogP contribution in [0.5, 0.6) is 0 Å². The standard InChI is InChI=1S/CH5N.I3/c1-2;1-3-2/h2H2,1H3;/q;-1. The van der Waals surface area contributed by atoms with Gasteiger partial charge < -0.3 is 5.73 Å². The van der Waals surface area contributed by atoms with Crippen molar-refractivity contribution in [2.24, 2.45) is 5.73 Å². The van der Waals surface area contributed by atoms with Crippen LogP contribution in [0.2, 0.25) is 0 Å². The molecular weight excluding hydrogens is 407 g/mol. The molecule has 0 radical (unpaired) electrons. The van der Waals surface area contributed by atoms with Crippen LogP contribution in [0.15, 0.2) is 0 Å². The Kier molecular flexibility index (Phi) is 33.5. The van der Waals surface area contributed by atoms with E-state index in [1.54, 1.807) is 0 Å². The molecule has 0 spiro atoms. The van der Waals surface area contributed by atoms with E-state index in [0.717, 1.165) is 0 Å². The van der Waals surface area contributed by atoms with E-state index in [1.165, 1.54) is 7.05 Å². The van der Waals surface area contributed by atoms with Gasteiger partial charge in [-0.15, -0.1) is 0 Å². The van der Waals surface area contributed by atoms with E-state index in [2.05, 4.69) is 43.0 Å². The average molecular weight is 412 g/mol. The van der Waals surface area contributed by atoms with Crippen LogP contribution in [0, 0.1) is 0 Å². The third-order valence-corrected chi connectivity index (χ3v) is 0. The normalized spacial score (nSPS) is 5.60. The van der Waals surface area contributed by atoms with Crippen LogP contribution in [-0.4, -0.2) is 7.05 Å². The first-order valence-corrected chi connectivity index (χ1v) is 13.4. The zero-order chi connectivity index (χ0) is 4.71. The Bertz CT molecular complexity index is 6.85. The molecule has 0 saturated heterocycles. The monoisotopic (exact) mass is 412 g/mol. The van der Waals surface area contributed by atoms with Crippen molar-refractivity contribution in [1.29, 1.82) is 0 Å². The van der Waals surface area contributed by atoms with Gasteiger partial charge in [0.1, 0.15) is 0 Å². The summed E-state index contributed by atoms with van der Waals surface area (Å²) in [5.41, 5.74) is 4.50. The number of rotatable bonds is 0. The molecule has 0 aromatic carbocycles. The van der Waals surface area contributed by atoms with Gasteiger partial charge in [-0.1, -0.05) is 0 Å². The van der Waals surface area contributed by atoms with Gasteiger partial charge >= 0.3 is 50.5 Å². The quantitative estimate of drug-likeness (QED) is 0.475. The van der Waals surface area contributed by atoms with Crippen LogP contribution >= 0.6 is 37.2 Å². The van der Waals surface area contributed by atoms with Crippen LogP contribution in [-0.2, 0) is 0 Å². The van der Waals surface area contributed by atoms with Gasteiger partial charge in [-0.25, -0.2) is 0 Å². The van der Waals surface area contributed by atoms with Gasteiger partial charge in [0.2, 0.25) is 0 Å². The molecule has 36 valence electrons. The number of halogens is 3. The van der Waals surface area contributed by atoms with Gasteiger partial charge in [-0.2, -0.15) is 0 Å². The summed E-state index contributed by atoms with van der Waals surface area (Å²) in [7, 11) is 1.50. The maximum atomic E-state index is 4.50. The van der Waals surface area contributed by atoms with Crippen molar-refractivity contribution in [3.05, 3.63) is 0 Å². The van der Waals surface area contributed by atoms with Crippen LogP contribution in [0.25, 0.3) is 0 Å². The topological polar surface area (TPSA) is 26.0 Å². The van der Waals surface area contributed by atoms with Gasteiger partial charge in [0, 0.05) is 0 Å². The van der Waals surface area contributed by atoms with Gasteiger partial charge in [-0.3, -0.25) is 0 Å². The molecule has 0 aliphatic carbocycles. The Hall–Kier alpha value is 2.15. The first-order valence-electron chi connectivity index (χ1n) is 0.863. The molecule has 1 nitrogen and oxygen atoms in total. The van der Waals surface area contributed by atoms with Crippen molar-refractivity contribution in [2.45, 2.75) is 0 Å². The summed E-state index contributed by atoms with van der Waals surface area (Å²) in [4.78, 5) is 0. The van der Waals surface area contributed by atoms with Crippen LogP contribution in [0.4, 0.5) is 0 Å². The predicted octanol–water partition coefficient (Wildman–Crippen LogP) is -1.65. The van der Waals surface area contributed by atoms with Gasteiger partial charge in [0.25, 0.3) is 0 Å². The number of nitrogens with two attached hydrogens (primary N) is 1. The second-order valence-electron chi connectivity index (χ2n) is 0.0540. The van der Waals surface area contributed by atoms with Gasteiger partial charge in [0.15, 0.2) is 0 Å². The SMILES string of the molecule is CN.I[I-]I. The first-order chi connectivity index (χ1) is 2.41. The Morgan fingerprint density at radius 2 is 1.40 bits per heavy atom. The molecule has 0 amide bonds. The molecule has 0 aliphatic rings. The Morgan fingerprint density at radius 3 is 1.40 bits per heavy atom. The molecule has 0 aromatic rings. The molecule has 0 unspecified atom stereocenters. The van der Waals surface area contributed by atoms with Crippen molar-refractivity contribution in [2.75, 3.05) is 7.05 Å². The summed E-state index contributed by atoms with van der Waals surface area (Å²) >= 11 is 5.30. The van der Waals surface area contributed by atoms with E-state index in [-0.39, 0.29) is 0 Å². The van der Waals surface area contributed by atoms with E-state index in [9.17, 15) is 0 Å². The molecule has 0 saturated carbocycles. The van der Waals surface area contributed by atoms with Crippen molar-refractivity contribution in [3.63, 3.8) is 0 Å². The zero-order valence-electron chi connectivity index (χ0n) is 2.71. The fourth-order valence-electron chi connectivity index (χ4n) is 0. The molecule has 5 heavy (non-hydrogen) atoms.